The molecule has 0 amide bonds. The van der Waals surface area contributed by atoms with E-state index in [0.717, 1.165) is 30.2 Å². The van der Waals surface area contributed by atoms with Gasteiger partial charge in [0.25, 0.3) is 0 Å². The van der Waals surface area contributed by atoms with E-state index in [9.17, 15) is 4.39 Å². The molecule has 2 N–H and O–H groups in total. The van der Waals surface area contributed by atoms with Crippen LogP contribution < -0.4 is 10.6 Å². The summed E-state index contributed by atoms with van der Waals surface area (Å²) in [6.45, 7) is 1.69. The average Bonchev–Trinajstić information content (AvgIpc) is 2.48. The second kappa shape index (κ2) is 6.04. The summed E-state index contributed by atoms with van der Waals surface area (Å²) in [6, 6.07) is 14.7. The minimum atomic E-state index is -0.214. The number of hydrogen-bond donors (Lipinski definition) is 1. The topological polar surface area (TPSA) is 29.3 Å². The van der Waals surface area contributed by atoms with Crippen LogP contribution in [0.4, 0.5) is 10.1 Å². The highest BCUT2D eigenvalue weighted by molar-refractivity contribution is 6.30. The predicted molar refractivity (Wildman–Crippen MR) is 85.4 cm³/mol. The molecule has 2 atom stereocenters. The molecule has 2 unspecified atom stereocenters. The minimum Gasteiger partial charge on any atom is -0.369 e. The van der Waals surface area contributed by atoms with Crippen LogP contribution in [0, 0.1) is 5.82 Å². The van der Waals surface area contributed by atoms with E-state index in [1.165, 1.54) is 17.7 Å². The summed E-state index contributed by atoms with van der Waals surface area (Å²) in [7, 11) is 0. The Morgan fingerprint density at radius 1 is 1.00 bits per heavy atom. The molecule has 0 aliphatic carbocycles. The molecule has 0 bridgehead atoms. The maximum Gasteiger partial charge on any atom is 0.123 e. The summed E-state index contributed by atoms with van der Waals surface area (Å²) >= 11 is 5.95. The van der Waals surface area contributed by atoms with E-state index >= 15 is 0 Å². The molecule has 4 heteroatoms. The van der Waals surface area contributed by atoms with Gasteiger partial charge in [-0.2, -0.15) is 0 Å². The van der Waals surface area contributed by atoms with Crippen molar-refractivity contribution in [1.82, 2.24) is 0 Å². The molecule has 1 heterocycles. The van der Waals surface area contributed by atoms with E-state index in [0.29, 0.717) is 5.92 Å². The van der Waals surface area contributed by atoms with Crippen molar-refractivity contribution in [1.29, 1.82) is 0 Å². The van der Waals surface area contributed by atoms with Crippen LogP contribution in [0.25, 0.3) is 0 Å². The highest BCUT2D eigenvalue weighted by Crippen LogP contribution is 2.30. The van der Waals surface area contributed by atoms with Gasteiger partial charge in [0.2, 0.25) is 0 Å². The standard InChI is InChI=1S/C17H18ClFN2/c18-14-3-1-12(2-4-14)13-9-16(20)11-21(10-13)17-7-5-15(19)6-8-17/h1-8,13,16H,9-11,20H2. The van der Waals surface area contributed by atoms with E-state index in [1.807, 2.05) is 24.3 Å². The molecular weight excluding hydrogens is 287 g/mol. The van der Waals surface area contributed by atoms with Crippen molar-refractivity contribution < 1.29 is 4.39 Å². The number of nitrogens with zero attached hydrogens (tertiary/aromatic N) is 1. The quantitative estimate of drug-likeness (QED) is 0.914. The fourth-order valence-corrected chi connectivity index (χ4v) is 3.10. The van der Waals surface area contributed by atoms with Crippen molar-refractivity contribution in [2.45, 2.75) is 18.4 Å². The van der Waals surface area contributed by atoms with Gasteiger partial charge < -0.3 is 10.6 Å². The Labute approximate surface area is 129 Å². The van der Waals surface area contributed by atoms with E-state index < -0.39 is 0 Å². The molecule has 2 aromatic rings. The molecule has 1 aliphatic heterocycles. The first-order chi connectivity index (χ1) is 10.1. The first-order valence-electron chi connectivity index (χ1n) is 7.13. The molecule has 0 saturated carbocycles. The lowest BCUT2D eigenvalue weighted by molar-refractivity contribution is 0.454. The van der Waals surface area contributed by atoms with E-state index in [2.05, 4.69) is 17.0 Å². The van der Waals surface area contributed by atoms with E-state index in [1.54, 1.807) is 0 Å². The number of piperidine rings is 1. The van der Waals surface area contributed by atoms with Gasteiger partial charge in [-0.05, 0) is 48.4 Å². The molecule has 0 aromatic heterocycles. The lowest BCUT2D eigenvalue weighted by Gasteiger charge is -2.38. The summed E-state index contributed by atoms with van der Waals surface area (Å²) in [5.41, 5.74) is 8.48. The van der Waals surface area contributed by atoms with Crippen molar-refractivity contribution in [3.8, 4) is 0 Å². The van der Waals surface area contributed by atoms with Gasteiger partial charge in [-0.1, -0.05) is 23.7 Å². The summed E-state index contributed by atoms with van der Waals surface area (Å²) in [6.07, 6.45) is 0.958. The molecule has 110 valence electrons. The van der Waals surface area contributed by atoms with Crippen molar-refractivity contribution in [3.63, 3.8) is 0 Å². The third-order valence-corrected chi connectivity index (χ3v) is 4.27. The number of nitrogens with two attached hydrogens (primary N) is 1. The van der Waals surface area contributed by atoms with Gasteiger partial charge in [0.1, 0.15) is 5.82 Å². The van der Waals surface area contributed by atoms with Gasteiger partial charge in [0, 0.05) is 35.8 Å². The molecule has 1 aliphatic rings. The fraction of sp³-hybridized carbons (Fsp3) is 0.294. The fourth-order valence-electron chi connectivity index (χ4n) is 2.98. The van der Waals surface area contributed by atoms with Crippen molar-refractivity contribution in [2.75, 3.05) is 18.0 Å². The van der Waals surface area contributed by atoms with E-state index in [4.69, 9.17) is 17.3 Å². The Morgan fingerprint density at radius 2 is 1.67 bits per heavy atom. The first kappa shape index (κ1) is 14.4. The average molecular weight is 305 g/mol. The largest absolute Gasteiger partial charge is 0.369 e. The predicted octanol–water partition coefficient (Wildman–Crippen LogP) is 3.80. The molecule has 21 heavy (non-hydrogen) atoms. The molecule has 1 saturated heterocycles. The second-order valence-electron chi connectivity index (χ2n) is 5.63. The van der Waals surface area contributed by atoms with Crippen LogP contribution in [0.2, 0.25) is 5.02 Å². The van der Waals surface area contributed by atoms with Crippen molar-refractivity contribution >= 4 is 17.3 Å². The van der Waals surface area contributed by atoms with Gasteiger partial charge >= 0.3 is 0 Å². The van der Waals surface area contributed by atoms with Gasteiger partial charge in [0.15, 0.2) is 0 Å². The van der Waals surface area contributed by atoms with Gasteiger partial charge in [-0.15, -0.1) is 0 Å². The zero-order valence-electron chi connectivity index (χ0n) is 11.7. The molecule has 0 radical (unpaired) electrons. The molecule has 0 spiro atoms. The van der Waals surface area contributed by atoms with Crippen molar-refractivity contribution in [3.05, 3.63) is 64.9 Å². The van der Waals surface area contributed by atoms with E-state index in [-0.39, 0.29) is 11.9 Å². The Kier molecular flexibility index (Phi) is 4.13. The number of benzene rings is 2. The SMILES string of the molecule is NC1CC(c2ccc(Cl)cc2)CN(c2ccc(F)cc2)C1. The lowest BCUT2D eigenvalue weighted by atomic mass is 9.88. The number of halogens is 2. The highest BCUT2D eigenvalue weighted by Gasteiger charge is 2.26. The van der Waals surface area contributed by atoms with Crippen LogP contribution in [0.3, 0.4) is 0 Å². The van der Waals surface area contributed by atoms with Gasteiger partial charge in [-0.3, -0.25) is 0 Å². The zero-order chi connectivity index (χ0) is 14.8. The monoisotopic (exact) mass is 304 g/mol. The Balaban J connectivity index is 1.81. The zero-order valence-corrected chi connectivity index (χ0v) is 12.4. The summed E-state index contributed by atoms with van der Waals surface area (Å²) < 4.78 is 13.1. The van der Waals surface area contributed by atoms with Gasteiger partial charge in [-0.25, -0.2) is 4.39 Å². The van der Waals surface area contributed by atoms with Crippen molar-refractivity contribution in [2.24, 2.45) is 5.73 Å². The first-order valence-corrected chi connectivity index (χ1v) is 7.51. The van der Waals surface area contributed by atoms with Gasteiger partial charge in [0.05, 0.1) is 0 Å². The molecule has 2 nitrogen and oxygen atoms in total. The number of rotatable bonds is 2. The minimum absolute atomic E-state index is 0.115. The third-order valence-electron chi connectivity index (χ3n) is 4.02. The van der Waals surface area contributed by atoms with Crippen LogP contribution in [0.15, 0.2) is 48.5 Å². The lowest BCUT2D eigenvalue weighted by Crippen LogP contribution is -2.46. The summed E-state index contributed by atoms with van der Waals surface area (Å²) in [4.78, 5) is 2.23. The van der Waals surface area contributed by atoms with Crippen LogP contribution in [0.5, 0.6) is 0 Å². The smallest absolute Gasteiger partial charge is 0.123 e. The molecule has 2 aromatic carbocycles. The molecule has 3 rings (SSSR count). The summed E-state index contributed by atoms with van der Waals surface area (Å²) in [5, 5.41) is 0.745. The third kappa shape index (κ3) is 3.36. The number of anilines is 1. The summed E-state index contributed by atoms with van der Waals surface area (Å²) in [5.74, 6) is 0.158. The maximum atomic E-state index is 13.1. The molecule has 1 fully saturated rings. The Bertz CT molecular complexity index is 544. The van der Waals surface area contributed by atoms with Crippen LogP contribution in [-0.2, 0) is 0 Å². The Hall–Kier alpha value is -1.58. The van der Waals surface area contributed by atoms with Crippen LogP contribution in [-0.4, -0.2) is 19.1 Å². The molecular formula is C17H18ClFN2. The maximum absolute atomic E-state index is 13.1. The Morgan fingerprint density at radius 3 is 2.33 bits per heavy atom. The number of hydrogen-bond acceptors (Lipinski definition) is 2. The highest BCUT2D eigenvalue weighted by atomic mass is 35.5. The second-order valence-corrected chi connectivity index (χ2v) is 6.06. The van der Waals surface area contributed by atoms with Crippen LogP contribution in [0.1, 0.15) is 17.9 Å². The normalized spacial score (nSPS) is 22.3. The van der Waals surface area contributed by atoms with Crippen LogP contribution >= 0.6 is 11.6 Å².